The topological polar surface area (TPSA) is 83.8 Å². The first-order valence-electron chi connectivity index (χ1n) is 9.26. The molecule has 2 aromatic rings. The molecule has 1 aliphatic rings. The summed E-state index contributed by atoms with van der Waals surface area (Å²) in [6, 6.07) is 11.8. The smallest absolute Gasteiger partial charge is 0.269 e. The number of aryl methyl sites for hydroxylation is 2. The lowest BCUT2D eigenvalue weighted by Gasteiger charge is -2.37. The molecule has 7 nitrogen and oxygen atoms in total. The van der Waals surface area contributed by atoms with Crippen LogP contribution < -0.4 is 0 Å². The fraction of sp³-hybridized carbons (Fsp3) is 0.400. The largest absolute Gasteiger partial charge is 0.294 e. The van der Waals surface area contributed by atoms with Gasteiger partial charge in [-0.1, -0.05) is 18.2 Å². The van der Waals surface area contributed by atoms with Crippen LogP contribution >= 0.6 is 0 Å². The molecule has 0 radical (unpaired) electrons. The van der Waals surface area contributed by atoms with Crippen molar-refractivity contribution < 1.29 is 13.3 Å². The van der Waals surface area contributed by atoms with Gasteiger partial charge in [-0.2, -0.15) is 4.31 Å². The lowest BCUT2D eigenvalue weighted by Crippen LogP contribution is -2.49. The zero-order chi connectivity index (χ0) is 20.5. The van der Waals surface area contributed by atoms with Gasteiger partial charge < -0.3 is 0 Å². The van der Waals surface area contributed by atoms with Crippen LogP contribution in [0.25, 0.3) is 0 Å². The Bertz CT molecular complexity index is 983. The van der Waals surface area contributed by atoms with Crippen LogP contribution in [0.2, 0.25) is 0 Å². The number of rotatable bonds is 5. The maximum Gasteiger partial charge on any atom is 0.269 e. The molecule has 0 amide bonds. The van der Waals surface area contributed by atoms with Crippen LogP contribution in [0, 0.1) is 24.0 Å². The first-order chi connectivity index (χ1) is 13.2. The van der Waals surface area contributed by atoms with Crippen molar-refractivity contribution in [1.82, 2.24) is 9.21 Å². The van der Waals surface area contributed by atoms with Gasteiger partial charge in [-0.15, -0.1) is 0 Å². The Morgan fingerprint density at radius 2 is 1.68 bits per heavy atom. The molecule has 0 unspecified atom stereocenters. The van der Waals surface area contributed by atoms with E-state index in [4.69, 9.17) is 0 Å². The number of hydrogen-bond acceptors (Lipinski definition) is 5. The summed E-state index contributed by atoms with van der Waals surface area (Å²) in [6.07, 6.45) is 0. The predicted octanol–water partition coefficient (Wildman–Crippen LogP) is 3.28. The van der Waals surface area contributed by atoms with Crippen molar-refractivity contribution in [2.24, 2.45) is 0 Å². The molecule has 0 aromatic heterocycles. The highest BCUT2D eigenvalue weighted by Crippen LogP contribution is 2.27. The summed E-state index contributed by atoms with van der Waals surface area (Å²) in [6.45, 7) is 7.81. The van der Waals surface area contributed by atoms with Gasteiger partial charge in [0.15, 0.2) is 0 Å². The fourth-order valence-electron chi connectivity index (χ4n) is 3.46. The average molecular weight is 404 g/mol. The van der Waals surface area contributed by atoms with Gasteiger partial charge in [0.25, 0.3) is 5.69 Å². The number of piperazine rings is 1. The third-order valence-electron chi connectivity index (χ3n) is 5.50. The van der Waals surface area contributed by atoms with Crippen LogP contribution in [0.15, 0.2) is 47.4 Å². The fourth-order valence-corrected chi connectivity index (χ4v) is 4.97. The minimum Gasteiger partial charge on any atom is -0.294 e. The quantitative estimate of drug-likeness (QED) is 0.565. The molecule has 2 aromatic carbocycles. The van der Waals surface area contributed by atoms with Crippen molar-refractivity contribution in [3.63, 3.8) is 0 Å². The molecule has 0 bridgehead atoms. The van der Waals surface area contributed by atoms with E-state index in [1.54, 1.807) is 24.3 Å². The van der Waals surface area contributed by atoms with E-state index in [2.05, 4.69) is 4.90 Å². The predicted molar refractivity (Wildman–Crippen MR) is 108 cm³/mol. The van der Waals surface area contributed by atoms with Gasteiger partial charge in [-0.3, -0.25) is 15.0 Å². The van der Waals surface area contributed by atoms with E-state index in [-0.39, 0.29) is 11.7 Å². The maximum atomic E-state index is 12.9. The van der Waals surface area contributed by atoms with Crippen LogP contribution in [0.4, 0.5) is 5.69 Å². The van der Waals surface area contributed by atoms with Crippen LogP contribution in [-0.4, -0.2) is 48.7 Å². The van der Waals surface area contributed by atoms with Crippen molar-refractivity contribution in [3.8, 4) is 0 Å². The highest BCUT2D eigenvalue weighted by atomic mass is 32.2. The Morgan fingerprint density at radius 3 is 2.29 bits per heavy atom. The highest BCUT2D eigenvalue weighted by molar-refractivity contribution is 7.89. The van der Waals surface area contributed by atoms with Crippen molar-refractivity contribution in [2.45, 2.75) is 31.7 Å². The molecule has 0 spiro atoms. The molecule has 0 saturated carbocycles. The molecule has 3 rings (SSSR count). The van der Waals surface area contributed by atoms with Crippen LogP contribution in [0.1, 0.15) is 29.7 Å². The Morgan fingerprint density at radius 1 is 1.00 bits per heavy atom. The number of nitrogens with zero attached hydrogens (tertiary/aromatic N) is 3. The zero-order valence-corrected chi connectivity index (χ0v) is 17.1. The van der Waals surface area contributed by atoms with Crippen molar-refractivity contribution in [1.29, 1.82) is 0 Å². The highest BCUT2D eigenvalue weighted by Gasteiger charge is 2.30. The van der Waals surface area contributed by atoms with Gasteiger partial charge in [0.2, 0.25) is 10.0 Å². The Kier molecular flexibility index (Phi) is 5.83. The van der Waals surface area contributed by atoms with E-state index in [0.29, 0.717) is 31.1 Å². The van der Waals surface area contributed by atoms with Gasteiger partial charge in [-0.05, 0) is 49.6 Å². The lowest BCUT2D eigenvalue weighted by atomic mass is 10.1. The lowest BCUT2D eigenvalue weighted by molar-refractivity contribution is -0.385. The molecule has 1 saturated heterocycles. The van der Waals surface area contributed by atoms with E-state index in [1.807, 2.05) is 32.9 Å². The third-order valence-corrected chi connectivity index (χ3v) is 7.40. The number of non-ortho nitro benzene ring substituents is 1. The van der Waals surface area contributed by atoms with Crippen LogP contribution in [0.3, 0.4) is 0 Å². The molecule has 1 aliphatic heterocycles. The number of hydrogen-bond donors (Lipinski definition) is 0. The van der Waals surface area contributed by atoms with Crippen molar-refractivity contribution >= 4 is 15.7 Å². The summed E-state index contributed by atoms with van der Waals surface area (Å²) < 4.78 is 27.4. The maximum absolute atomic E-state index is 12.9. The first kappa shape index (κ1) is 20.4. The van der Waals surface area contributed by atoms with E-state index in [1.165, 1.54) is 10.4 Å². The van der Waals surface area contributed by atoms with Gasteiger partial charge in [-0.25, -0.2) is 8.42 Å². The molecule has 0 aliphatic carbocycles. The van der Waals surface area contributed by atoms with Crippen LogP contribution in [-0.2, 0) is 10.0 Å². The van der Waals surface area contributed by atoms with Gasteiger partial charge in [0.1, 0.15) is 0 Å². The standard InChI is InChI=1S/C20H25N3O4S/c1-15-7-8-20(13-16(15)2)28(26,27)22-11-9-21(10-12-22)17(3)18-5-4-6-19(14-18)23(24)25/h4-8,13-14,17H,9-12H2,1-3H3/t17-/m1/s1. The van der Waals surface area contributed by atoms with E-state index < -0.39 is 14.9 Å². The number of benzene rings is 2. The van der Waals surface area contributed by atoms with E-state index in [9.17, 15) is 18.5 Å². The summed E-state index contributed by atoms with van der Waals surface area (Å²) >= 11 is 0. The molecular weight excluding hydrogens is 378 g/mol. The number of nitro groups is 1. The van der Waals surface area contributed by atoms with E-state index in [0.717, 1.165) is 16.7 Å². The molecular formula is C20H25N3O4S. The first-order valence-corrected chi connectivity index (χ1v) is 10.7. The second-order valence-electron chi connectivity index (χ2n) is 7.21. The monoisotopic (exact) mass is 403 g/mol. The summed E-state index contributed by atoms with van der Waals surface area (Å²) in [5.74, 6) is 0. The molecule has 1 atom stereocenters. The van der Waals surface area contributed by atoms with Gasteiger partial charge >= 0.3 is 0 Å². The zero-order valence-electron chi connectivity index (χ0n) is 16.3. The molecule has 1 heterocycles. The Hall–Kier alpha value is -2.29. The second kappa shape index (κ2) is 7.98. The summed E-state index contributed by atoms with van der Waals surface area (Å²) in [5, 5.41) is 11.0. The van der Waals surface area contributed by atoms with E-state index >= 15 is 0 Å². The Labute approximate surface area is 165 Å². The van der Waals surface area contributed by atoms with Crippen molar-refractivity contribution in [3.05, 3.63) is 69.3 Å². The number of sulfonamides is 1. The minimum absolute atomic E-state index is 0.0219. The summed E-state index contributed by atoms with van der Waals surface area (Å²) in [5.41, 5.74) is 2.95. The summed E-state index contributed by atoms with van der Waals surface area (Å²) in [7, 11) is -3.52. The van der Waals surface area contributed by atoms with Crippen LogP contribution in [0.5, 0.6) is 0 Å². The molecule has 28 heavy (non-hydrogen) atoms. The second-order valence-corrected chi connectivity index (χ2v) is 9.15. The number of nitro benzene ring substituents is 1. The Balaban J connectivity index is 1.70. The summed E-state index contributed by atoms with van der Waals surface area (Å²) in [4.78, 5) is 13.1. The molecule has 150 valence electrons. The molecule has 0 N–H and O–H groups in total. The molecule has 1 fully saturated rings. The van der Waals surface area contributed by atoms with Crippen molar-refractivity contribution in [2.75, 3.05) is 26.2 Å². The third kappa shape index (κ3) is 4.09. The van der Waals surface area contributed by atoms with Gasteiger partial charge in [0, 0.05) is 44.4 Å². The minimum atomic E-state index is -3.52. The normalized spacial score (nSPS) is 17.4. The molecule has 8 heteroatoms. The SMILES string of the molecule is Cc1ccc(S(=O)(=O)N2CCN([C@H](C)c3cccc([N+](=O)[O-])c3)CC2)cc1C. The average Bonchev–Trinajstić information content (AvgIpc) is 2.69. The van der Waals surface area contributed by atoms with Gasteiger partial charge in [0.05, 0.1) is 9.82 Å².